The molecule has 2 amide bonds. The highest BCUT2D eigenvalue weighted by Crippen LogP contribution is 2.31. The Morgan fingerprint density at radius 2 is 1.85 bits per heavy atom. The van der Waals surface area contributed by atoms with Crippen molar-refractivity contribution in [3.05, 3.63) is 88.2 Å². The van der Waals surface area contributed by atoms with E-state index in [2.05, 4.69) is 10.4 Å². The van der Waals surface area contributed by atoms with E-state index in [4.69, 9.17) is 16.3 Å². The van der Waals surface area contributed by atoms with Crippen LogP contribution in [0.15, 0.2) is 60.7 Å². The van der Waals surface area contributed by atoms with Gasteiger partial charge in [0.1, 0.15) is 11.2 Å². The highest BCUT2D eigenvalue weighted by Gasteiger charge is 2.48. The number of ether oxygens (including phenoxy) is 1. The number of nitrogens with one attached hydrogen (secondary N) is 1. The predicted octanol–water partition coefficient (Wildman–Crippen LogP) is 3.44. The molecular formula is C25H25ClN4O4. The number of carbonyl (C=O) groups is 3. The van der Waals surface area contributed by atoms with Crippen molar-refractivity contribution in [3.8, 4) is 0 Å². The van der Waals surface area contributed by atoms with E-state index in [0.29, 0.717) is 17.1 Å². The highest BCUT2D eigenvalue weighted by molar-refractivity contribution is 6.31. The van der Waals surface area contributed by atoms with Crippen LogP contribution in [0, 0.1) is 0 Å². The fourth-order valence-electron chi connectivity index (χ4n) is 3.96. The van der Waals surface area contributed by atoms with E-state index in [9.17, 15) is 14.4 Å². The monoisotopic (exact) mass is 480 g/mol. The van der Waals surface area contributed by atoms with Gasteiger partial charge in [0.05, 0.1) is 13.2 Å². The van der Waals surface area contributed by atoms with Crippen LogP contribution in [0.25, 0.3) is 0 Å². The number of hydrogen-bond donors (Lipinski definition) is 1. The number of carbonyl (C=O) groups excluding carboxylic acids is 3. The number of rotatable bonds is 7. The number of esters is 1. The number of nitrogens with zero attached hydrogens (tertiary/aromatic N) is 3. The Kier molecular flexibility index (Phi) is 6.70. The van der Waals surface area contributed by atoms with Crippen LogP contribution in [0.2, 0.25) is 5.02 Å². The summed E-state index contributed by atoms with van der Waals surface area (Å²) in [6.45, 7) is 4.07. The van der Waals surface area contributed by atoms with Gasteiger partial charge in [0, 0.05) is 24.2 Å². The minimum Gasteiger partial charge on any atom is -0.461 e. The molecule has 176 valence electrons. The summed E-state index contributed by atoms with van der Waals surface area (Å²) in [5.41, 5.74) is 0.595. The third kappa shape index (κ3) is 4.54. The number of halogens is 1. The van der Waals surface area contributed by atoms with Crippen LogP contribution in [0.5, 0.6) is 0 Å². The van der Waals surface area contributed by atoms with Crippen LogP contribution in [-0.2, 0) is 29.2 Å². The maximum Gasteiger partial charge on any atom is 0.358 e. The van der Waals surface area contributed by atoms with E-state index < -0.39 is 17.4 Å². The van der Waals surface area contributed by atoms with Crippen molar-refractivity contribution in [2.45, 2.75) is 39.0 Å². The standard InChI is InChI=1S/C25H25ClN4O4/c1-3-34-23(32)20-13-21-22(31)29(15-18-11-7-8-12-19(18)26)25(2,16-30(21)28-20)24(33)27-14-17-9-5-4-6-10-17/h4-13H,3,14-16H2,1-2H3,(H,27,33)/t25-/m1/s1. The van der Waals surface area contributed by atoms with E-state index in [0.717, 1.165) is 5.56 Å². The number of aromatic nitrogens is 2. The first-order chi connectivity index (χ1) is 16.3. The second-order valence-electron chi connectivity index (χ2n) is 8.22. The van der Waals surface area contributed by atoms with Gasteiger partial charge in [-0.2, -0.15) is 5.10 Å². The van der Waals surface area contributed by atoms with Gasteiger partial charge in [-0.15, -0.1) is 0 Å². The Morgan fingerprint density at radius 3 is 2.56 bits per heavy atom. The molecule has 1 aliphatic rings. The van der Waals surface area contributed by atoms with Gasteiger partial charge in [-0.25, -0.2) is 4.79 Å². The molecule has 1 atom stereocenters. The quantitative estimate of drug-likeness (QED) is 0.523. The first kappa shape index (κ1) is 23.5. The lowest BCUT2D eigenvalue weighted by molar-refractivity contribution is -0.133. The number of benzene rings is 2. The minimum absolute atomic E-state index is 0.0248. The van der Waals surface area contributed by atoms with E-state index in [1.54, 1.807) is 26.0 Å². The Morgan fingerprint density at radius 1 is 1.15 bits per heavy atom. The average molecular weight is 481 g/mol. The van der Waals surface area contributed by atoms with Crippen LogP contribution in [0.4, 0.5) is 0 Å². The highest BCUT2D eigenvalue weighted by atomic mass is 35.5. The molecule has 9 heteroatoms. The largest absolute Gasteiger partial charge is 0.461 e. The normalized spacial score (nSPS) is 17.3. The summed E-state index contributed by atoms with van der Waals surface area (Å²) in [5.74, 6) is -1.38. The van der Waals surface area contributed by atoms with Crippen molar-refractivity contribution < 1.29 is 19.1 Å². The van der Waals surface area contributed by atoms with Gasteiger partial charge < -0.3 is 15.0 Å². The van der Waals surface area contributed by atoms with Crippen molar-refractivity contribution in [2.24, 2.45) is 0 Å². The summed E-state index contributed by atoms with van der Waals surface area (Å²) >= 11 is 6.37. The topological polar surface area (TPSA) is 93.5 Å². The van der Waals surface area contributed by atoms with Crippen LogP contribution in [-0.4, -0.2) is 44.6 Å². The fraction of sp³-hybridized carbons (Fsp3) is 0.280. The molecule has 0 radical (unpaired) electrons. The third-order valence-corrected chi connectivity index (χ3v) is 6.22. The molecule has 0 aliphatic carbocycles. The molecule has 0 saturated heterocycles. The second kappa shape index (κ2) is 9.69. The third-order valence-electron chi connectivity index (χ3n) is 5.85. The molecule has 4 rings (SSSR count). The SMILES string of the molecule is CCOC(=O)c1cc2n(n1)C[C@](C)(C(=O)NCc1ccccc1)N(Cc1ccccc1Cl)C2=O. The lowest BCUT2D eigenvalue weighted by Crippen LogP contribution is -2.63. The van der Waals surface area contributed by atoms with Gasteiger partial charge in [-0.05, 0) is 31.0 Å². The van der Waals surface area contributed by atoms with Crippen LogP contribution in [0.3, 0.4) is 0 Å². The number of hydrogen-bond acceptors (Lipinski definition) is 5. The summed E-state index contributed by atoms with van der Waals surface area (Å²) in [7, 11) is 0. The molecule has 0 saturated carbocycles. The fourth-order valence-corrected chi connectivity index (χ4v) is 4.16. The summed E-state index contributed by atoms with van der Waals surface area (Å²) in [6, 6.07) is 18.1. The van der Waals surface area contributed by atoms with E-state index in [1.807, 2.05) is 42.5 Å². The lowest BCUT2D eigenvalue weighted by Gasteiger charge is -2.43. The zero-order valence-electron chi connectivity index (χ0n) is 19.0. The zero-order chi connectivity index (χ0) is 24.3. The smallest absolute Gasteiger partial charge is 0.358 e. The molecule has 8 nitrogen and oxygen atoms in total. The van der Waals surface area contributed by atoms with Crippen molar-refractivity contribution >= 4 is 29.4 Å². The van der Waals surface area contributed by atoms with Crippen molar-refractivity contribution in [3.63, 3.8) is 0 Å². The second-order valence-corrected chi connectivity index (χ2v) is 8.62. The molecule has 34 heavy (non-hydrogen) atoms. The molecule has 0 spiro atoms. The van der Waals surface area contributed by atoms with Gasteiger partial charge in [0.15, 0.2) is 5.69 Å². The zero-order valence-corrected chi connectivity index (χ0v) is 19.7. The lowest BCUT2D eigenvalue weighted by atomic mass is 9.94. The van der Waals surface area contributed by atoms with Gasteiger partial charge in [-0.1, -0.05) is 60.1 Å². The van der Waals surface area contributed by atoms with Crippen LogP contribution in [0.1, 0.15) is 46.0 Å². The molecular weight excluding hydrogens is 456 g/mol. The molecule has 1 N–H and O–H groups in total. The van der Waals surface area contributed by atoms with Crippen molar-refractivity contribution in [1.29, 1.82) is 0 Å². The van der Waals surface area contributed by atoms with Crippen LogP contribution < -0.4 is 5.32 Å². The Bertz CT molecular complexity index is 1230. The number of fused-ring (bicyclic) bond motifs is 1. The molecule has 0 fully saturated rings. The molecule has 1 aromatic heterocycles. The van der Waals surface area contributed by atoms with Gasteiger partial charge >= 0.3 is 5.97 Å². The van der Waals surface area contributed by atoms with Crippen molar-refractivity contribution in [1.82, 2.24) is 20.0 Å². The first-order valence-electron chi connectivity index (χ1n) is 11.0. The molecule has 2 heterocycles. The minimum atomic E-state index is -1.28. The van der Waals surface area contributed by atoms with E-state index in [1.165, 1.54) is 15.6 Å². The van der Waals surface area contributed by atoms with Gasteiger partial charge in [0.25, 0.3) is 5.91 Å². The molecule has 3 aromatic rings. The first-order valence-corrected chi connectivity index (χ1v) is 11.3. The molecule has 0 unspecified atom stereocenters. The maximum absolute atomic E-state index is 13.6. The Balaban J connectivity index is 1.69. The molecule has 2 aromatic carbocycles. The maximum atomic E-state index is 13.6. The number of amides is 2. The molecule has 0 bridgehead atoms. The van der Waals surface area contributed by atoms with Crippen LogP contribution >= 0.6 is 11.6 Å². The summed E-state index contributed by atoms with van der Waals surface area (Å²) in [5, 5.41) is 7.70. The summed E-state index contributed by atoms with van der Waals surface area (Å²) in [6.07, 6.45) is 0. The summed E-state index contributed by atoms with van der Waals surface area (Å²) in [4.78, 5) is 40.8. The summed E-state index contributed by atoms with van der Waals surface area (Å²) < 4.78 is 6.43. The van der Waals surface area contributed by atoms with Gasteiger partial charge in [0.2, 0.25) is 5.91 Å². The predicted molar refractivity (Wildman–Crippen MR) is 126 cm³/mol. The Hall–Kier alpha value is -3.65. The molecule has 1 aliphatic heterocycles. The Labute approximate surface area is 202 Å². The average Bonchev–Trinajstić information content (AvgIpc) is 3.26. The van der Waals surface area contributed by atoms with E-state index >= 15 is 0 Å². The van der Waals surface area contributed by atoms with Gasteiger partial charge in [-0.3, -0.25) is 14.3 Å². The van der Waals surface area contributed by atoms with E-state index in [-0.39, 0.29) is 37.0 Å². The van der Waals surface area contributed by atoms with Crippen molar-refractivity contribution in [2.75, 3.05) is 6.61 Å².